The fourth-order valence-corrected chi connectivity index (χ4v) is 3.22. The van der Waals surface area contributed by atoms with Crippen molar-refractivity contribution in [3.05, 3.63) is 70.3 Å². The molecule has 2 aromatic carbocycles. The van der Waals surface area contributed by atoms with Crippen LogP contribution in [-0.2, 0) is 10.2 Å². The zero-order valence-corrected chi connectivity index (χ0v) is 14.7. The van der Waals surface area contributed by atoms with Gasteiger partial charge < -0.3 is 5.32 Å². The first-order valence-corrected chi connectivity index (χ1v) is 8.38. The first-order chi connectivity index (χ1) is 11.8. The van der Waals surface area contributed by atoms with Crippen molar-refractivity contribution in [2.45, 2.75) is 32.6 Å². The fraction of sp³-hybridized carbons (Fsp3) is 0.286. The molecule has 25 heavy (non-hydrogen) atoms. The lowest BCUT2D eigenvalue weighted by Gasteiger charge is -2.27. The van der Waals surface area contributed by atoms with Crippen LogP contribution in [0.2, 0.25) is 0 Å². The molecule has 0 atom stereocenters. The van der Waals surface area contributed by atoms with Gasteiger partial charge in [0.1, 0.15) is 0 Å². The highest BCUT2D eigenvalue weighted by atomic mass is 16.1. The molecule has 0 saturated heterocycles. The Hall–Kier alpha value is -2.75. The summed E-state index contributed by atoms with van der Waals surface area (Å²) >= 11 is 0. The van der Waals surface area contributed by atoms with Crippen molar-refractivity contribution in [1.29, 1.82) is 0 Å². The highest BCUT2D eigenvalue weighted by Gasteiger charge is 2.31. The molecule has 3 rings (SSSR count). The molecule has 0 radical (unpaired) electrons. The van der Waals surface area contributed by atoms with Crippen LogP contribution in [0.15, 0.2) is 42.5 Å². The van der Waals surface area contributed by atoms with Gasteiger partial charge in [-0.15, -0.1) is 0 Å². The lowest BCUT2D eigenvalue weighted by Crippen LogP contribution is -2.29. The average Bonchev–Trinajstić information content (AvgIpc) is 2.58. The number of carbonyl (C=O) groups excluding carboxylic acids is 3. The number of carbonyl (C=O) groups is 3. The fourth-order valence-electron chi connectivity index (χ4n) is 3.22. The largest absolute Gasteiger partial charge is 0.356 e. The zero-order chi connectivity index (χ0) is 18.2. The molecule has 0 spiro atoms. The van der Waals surface area contributed by atoms with Crippen molar-refractivity contribution in [3.63, 3.8) is 0 Å². The first-order valence-electron chi connectivity index (χ1n) is 8.38. The van der Waals surface area contributed by atoms with Crippen LogP contribution in [0.5, 0.6) is 0 Å². The van der Waals surface area contributed by atoms with Crippen molar-refractivity contribution < 1.29 is 14.4 Å². The third-order valence-electron chi connectivity index (χ3n) is 4.83. The summed E-state index contributed by atoms with van der Waals surface area (Å²) in [5.41, 5.74) is 2.62. The van der Waals surface area contributed by atoms with E-state index in [4.69, 9.17) is 0 Å². The van der Waals surface area contributed by atoms with Crippen LogP contribution in [-0.4, -0.2) is 24.0 Å². The van der Waals surface area contributed by atoms with Gasteiger partial charge in [-0.1, -0.05) is 44.2 Å². The van der Waals surface area contributed by atoms with Crippen LogP contribution in [0.4, 0.5) is 0 Å². The number of benzene rings is 2. The highest BCUT2D eigenvalue weighted by Crippen LogP contribution is 2.33. The third-order valence-corrected chi connectivity index (χ3v) is 4.83. The van der Waals surface area contributed by atoms with E-state index in [9.17, 15) is 14.4 Å². The van der Waals surface area contributed by atoms with E-state index < -0.39 is 0 Å². The van der Waals surface area contributed by atoms with Crippen LogP contribution < -0.4 is 5.32 Å². The lowest BCUT2D eigenvalue weighted by molar-refractivity contribution is -0.119. The van der Waals surface area contributed by atoms with E-state index in [1.54, 1.807) is 30.3 Å². The van der Waals surface area contributed by atoms with E-state index in [1.807, 2.05) is 12.1 Å². The Morgan fingerprint density at radius 1 is 0.920 bits per heavy atom. The lowest BCUT2D eigenvalue weighted by atomic mass is 9.77. The maximum absolute atomic E-state index is 12.8. The molecule has 0 saturated carbocycles. The SMILES string of the molecule is CC(=O)NCCC(C)(C)c1ccc2c(c1)C(=O)c1ccccc1C2=O. The van der Waals surface area contributed by atoms with E-state index >= 15 is 0 Å². The Balaban J connectivity index is 1.96. The topological polar surface area (TPSA) is 63.2 Å². The third kappa shape index (κ3) is 3.12. The van der Waals surface area contributed by atoms with Crippen LogP contribution in [0.3, 0.4) is 0 Å². The van der Waals surface area contributed by atoms with Gasteiger partial charge in [0, 0.05) is 35.7 Å². The Kier molecular flexibility index (Phi) is 4.29. The molecule has 4 heteroatoms. The number of amides is 1. The van der Waals surface area contributed by atoms with E-state index in [1.165, 1.54) is 6.92 Å². The van der Waals surface area contributed by atoms with Gasteiger partial charge in [0.25, 0.3) is 0 Å². The van der Waals surface area contributed by atoms with Crippen LogP contribution in [0, 0.1) is 0 Å². The summed E-state index contributed by atoms with van der Waals surface area (Å²) in [5.74, 6) is -0.267. The second-order valence-corrected chi connectivity index (χ2v) is 7.08. The number of rotatable bonds is 4. The summed E-state index contributed by atoms with van der Waals surface area (Å²) in [6.45, 7) is 6.20. The van der Waals surface area contributed by atoms with Crippen molar-refractivity contribution in [2.24, 2.45) is 0 Å². The van der Waals surface area contributed by atoms with Gasteiger partial charge in [-0.25, -0.2) is 0 Å². The summed E-state index contributed by atoms with van der Waals surface area (Å²) in [5, 5.41) is 2.80. The molecule has 0 heterocycles. The van der Waals surface area contributed by atoms with Gasteiger partial charge in [-0.05, 0) is 29.5 Å². The molecule has 0 unspecified atom stereocenters. The number of fused-ring (bicyclic) bond motifs is 2. The summed E-state index contributed by atoms with van der Waals surface area (Å²) < 4.78 is 0. The highest BCUT2D eigenvalue weighted by molar-refractivity contribution is 6.28. The second-order valence-electron chi connectivity index (χ2n) is 7.08. The minimum absolute atomic E-state index is 0.0568. The minimum atomic E-state index is -0.224. The van der Waals surface area contributed by atoms with E-state index in [0.29, 0.717) is 28.8 Å². The molecule has 0 aliphatic heterocycles. The van der Waals surface area contributed by atoms with Crippen molar-refractivity contribution in [1.82, 2.24) is 5.32 Å². The Morgan fingerprint density at radius 2 is 1.48 bits per heavy atom. The summed E-state index contributed by atoms with van der Waals surface area (Å²) in [4.78, 5) is 36.5. The number of nitrogens with one attached hydrogen (secondary N) is 1. The predicted molar refractivity (Wildman–Crippen MR) is 96.1 cm³/mol. The molecule has 0 fully saturated rings. The van der Waals surface area contributed by atoms with E-state index in [2.05, 4.69) is 19.2 Å². The summed E-state index contributed by atoms with van der Waals surface area (Å²) in [6, 6.07) is 12.4. The summed E-state index contributed by atoms with van der Waals surface area (Å²) in [7, 11) is 0. The van der Waals surface area contributed by atoms with Crippen LogP contribution in [0.25, 0.3) is 0 Å². The Labute approximate surface area is 147 Å². The van der Waals surface area contributed by atoms with Gasteiger partial charge >= 0.3 is 0 Å². The van der Waals surface area contributed by atoms with E-state index in [-0.39, 0.29) is 22.9 Å². The molecule has 1 aliphatic rings. The maximum Gasteiger partial charge on any atom is 0.216 e. The van der Waals surface area contributed by atoms with Crippen LogP contribution in [0.1, 0.15) is 64.6 Å². The van der Waals surface area contributed by atoms with Gasteiger partial charge in [0.15, 0.2) is 11.6 Å². The predicted octanol–water partition coefficient (Wildman–Crippen LogP) is 3.27. The normalized spacial score (nSPS) is 13.2. The van der Waals surface area contributed by atoms with Crippen LogP contribution >= 0.6 is 0 Å². The van der Waals surface area contributed by atoms with Crippen molar-refractivity contribution in [3.8, 4) is 0 Å². The number of hydrogen-bond donors (Lipinski definition) is 1. The summed E-state index contributed by atoms with van der Waals surface area (Å²) in [6.07, 6.45) is 0.740. The first kappa shape index (κ1) is 17.1. The minimum Gasteiger partial charge on any atom is -0.356 e. The molecular weight excluding hydrogens is 314 g/mol. The van der Waals surface area contributed by atoms with Crippen molar-refractivity contribution in [2.75, 3.05) is 6.54 Å². The number of hydrogen-bond acceptors (Lipinski definition) is 3. The molecule has 2 aromatic rings. The van der Waals surface area contributed by atoms with Crippen molar-refractivity contribution >= 4 is 17.5 Å². The molecule has 0 aromatic heterocycles. The van der Waals surface area contributed by atoms with Gasteiger partial charge in [-0.3, -0.25) is 14.4 Å². The van der Waals surface area contributed by atoms with Gasteiger partial charge in [-0.2, -0.15) is 0 Å². The molecule has 4 nitrogen and oxygen atoms in total. The molecule has 1 aliphatic carbocycles. The van der Waals surface area contributed by atoms with Gasteiger partial charge in [0.05, 0.1) is 0 Å². The zero-order valence-electron chi connectivity index (χ0n) is 14.7. The molecule has 1 N–H and O–H groups in total. The van der Waals surface area contributed by atoms with Gasteiger partial charge in [0.2, 0.25) is 5.91 Å². The Morgan fingerprint density at radius 3 is 2.08 bits per heavy atom. The maximum atomic E-state index is 12.8. The Bertz CT molecular complexity index is 880. The van der Waals surface area contributed by atoms with E-state index in [0.717, 1.165) is 12.0 Å². The number of ketones is 2. The molecule has 1 amide bonds. The quantitative estimate of drug-likeness (QED) is 0.796. The molecule has 128 valence electrons. The monoisotopic (exact) mass is 335 g/mol. The smallest absolute Gasteiger partial charge is 0.216 e. The average molecular weight is 335 g/mol. The molecule has 0 bridgehead atoms. The standard InChI is InChI=1S/C21H21NO3/c1-13(23)22-11-10-21(2,3)14-8-9-17-18(12-14)20(25)16-7-5-4-6-15(16)19(17)24/h4-9,12H,10-11H2,1-3H3,(H,22,23). The second kappa shape index (κ2) is 6.28. The molecular formula is C21H21NO3.